The van der Waals surface area contributed by atoms with Crippen LogP contribution in [0.3, 0.4) is 0 Å². The summed E-state index contributed by atoms with van der Waals surface area (Å²) in [6, 6.07) is 8.31. The van der Waals surface area contributed by atoms with Crippen LogP contribution in [0.25, 0.3) is 0 Å². The Balaban J connectivity index is 1.67. The SMILES string of the molecule is COCC1CCN(C(=O)C2CNCc3ccccc32)CC1. The van der Waals surface area contributed by atoms with Crippen molar-refractivity contribution < 1.29 is 9.53 Å². The van der Waals surface area contributed by atoms with Crippen LogP contribution in [0, 0.1) is 5.92 Å². The molecule has 1 amide bonds. The van der Waals surface area contributed by atoms with Crippen LogP contribution in [-0.2, 0) is 16.1 Å². The van der Waals surface area contributed by atoms with Crippen molar-refractivity contribution in [3.63, 3.8) is 0 Å². The molecule has 1 N–H and O–H groups in total. The van der Waals surface area contributed by atoms with Gasteiger partial charge in [0.15, 0.2) is 0 Å². The van der Waals surface area contributed by atoms with Crippen LogP contribution in [0.4, 0.5) is 0 Å². The van der Waals surface area contributed by atoms with Crippen LogP contribution in [0.2, 0.25) is 0 Å². The van der Waals surface area contributed by atoms with E-state index in [1.54, 1.807) is 7.11 Å². The molecule has 2 aliphatic rings. The van der Waals surface area contributed by atoms with Crippen molar-refractivity contribution in [2.75, 3.05) is 33.4 Å². The number of carbonyl (C=O) groups excluding carboxylic acids is 1. The van der Waals surface area contributed by atoms with E-state index in [-0.39, 0.29) is 11.8 Å². The number of amides is 1. The Labute approximate surface area is 126 Å². The Kier molecular flexibility index (Phi) is 4.56. The number of hydrogen-bond donors (Lipinski definition) is 1. The molecule has 1 aromatic carbocycles. The number of nitrogens with zero attached hydrogens (tertiary/aromatic N) is 1. The van der Waals surface area contributed by atoms with Crippen molar-refractivity contribution >= 4 is 5.91 Å². The molecule has 0 radical (unpaired) electrons. The zero-order valence-corrected chi connectivity index (χ0v) is 12.7. The number of nitrogens with one attached hydrogen (secondary N) is 1. The monoisotopic (exact) mass is 288 g/mol. The third kappa shape index (κ3) is 3.11. The van der Waals surface area contributed by atoms with Crippen LogP contribution in [-0.4, -0.2) is 44.2 Å². The highest BCUT2D eigenvalue weighted by molar-refractivity contribution is 5.84. The predicted molar refractivity (Wildman–Crippen MR) is 82.1 cm³/mol. The maximum absolute atomic E-state index is 12.8. The minimum absolute atomic E-state index is 0.0195. The second-order valence-electron chi connectivity index (χ2n) is 6.11. The quantitative estimate of drug-likeness (QED) is 0.921. The van der Waals surface area contributed by atoms with Gasteiger partial charge in [-0.3, -0.25) is 4.79 Å². The number of likely N-dealkylation sites (tertiary alicyclic amines) is 1. The van der Waals surface area contributed by atoms with Gasteiger partial charge in [-0.15, -0.1) is 0 Å². The average molecular weight is 288 g/mol. The van der Waals surface area contributed by atoms with Gasteiger partial charge >= 0.3 is 0 Å². The van der Waals surface area contributed by atoms with Gasteiger partial charge in [-0.25, -0.2) is 0 Å². The molecule has 1 fully saturated rings. The van der Waals surface area contributed by atoms with Gasteiger partial charge in [-0.2, -0.15) is 0 Å². The van der Waals surface area contributed by atoms with Gasteiger partial charge in [-0.05, 0) is 29.9 Å². The fourth-order valence-electron chi connectivity index (χ4n) is 3.49. The topological polar surface area (TPSA) is 41.6 Å². The molecule has 4 heteroatoms. The summed E-state index contributed by atoms with van der Waals surface area (Å²) in [4.78, 5) is 14.9. The van der Waals surface area contributed by atoms with Gasteiger partial charge in [0, 0.05) is 39.9 Å². The second kappa shape index (κ2) is 6.58. The Morgan fingerprint density at radius 3 is 2.86 bits per heavy atom. The van der Waals surface area contributed by atoms with E-state index in [0.29, 0.717) is 5.92 Å². The summed E-state index contributed by atoms with van der Waals surface area (Å²) < 4.78 is 5.23. The largest absolute Gasteiger partial charge is 0.384 e. The summed E-state index contributed by atoms with van der Waals surface area (Å²) in [6.45, 7) is 4.18. The fourth-order valence-corrected chi connectivity index (χ4v) is 3.49. The number of carbonyl (C=O) groups is 1. The Morgan fingerprint density at radius 1 is 1.33 bits per heavy atom. The molecule has 2 aliphatic heterocycles. The number of methoxy groups -OCH3 is 1. The number of fused-ring (bicyclic) bond motifs is 1. The van der Waals surface area contributed by atoms with Crippen LogP contribution >= 0.6 is 0 Å². The van der Waals surface area contributed by atoms with Crippen molar-refractivity contribution in [1.29, 1.82) is 0 Å². The number of rotatable bonds is 3. The van der Waals surface area contributed by atoms with Crippen LogP contribution in [0.15, 0.2) is 24.3 Å². The van der Waals surface area contributed by atoms with Crippen molar-refractivity contribution in [3.05, 3.63) is 35.4 Å². The molecule has 21 heavy (non-hydrogen) atoms. The summed E-state index contributed by atoms with van der Waals surface area (Å²) in [6.07, 6.45) is 2.11. The molecule has 2 heterocycles. The van der Waals surface area contributed by atoms with E-state index < -0.39 is 0 Å². The van der Waals surface area contributed by atoms with Gasteiger partial charge < -0.3 is 15.0 Å². The summed E-state index contributed by atoms with van der Waals surface area (Å²) in [5.41, 5.74) is 2.47. The highest BCUT2D eigenvalue weighted by Gasteiger charge is 2.31. The lowest BCUT2D eigenvalue weighted by Crippen LogP contribution is -2.45. The predicted octanol–water partition coefficient (Wildman–Crippen LogP) is 1.76. The first kappa shape index (κ1) is 14.5. The zero-order chi connectivity index (χ0) is 14.7. The van der Waals surface area contributed by atoms with Crippen LogP contribution < -0.4 is 5.32 Å². The lowest BCUT2D eigenvalue weighted by molar-refractivity contribution is -0.134. The van der Waals surface area contributed by atoms with Crippen LogP contribution in [0.5, 0.6) is 0 Å². The van der Waals surface area contributed by atoms with Crippen molar-refractivity contribution in [1.82, 2.24) is 10.2 Å². The van der Waals surface area contributed by atoms with E-state index in [9.17, 15) is 4.79 Å². The number of piperidine rings is 1. The van der Waals surface area contributed by atoms with E-state index in [2.05, 4.69) is 17.4 Å². The lowest BCUT2D eigenvalue weighted by atomic mass is 9.88. The molecule has 1 unspecified atom stereocenters. The molecule has 1 atom stereocenters. The first-order valence-electron chi connectivity index (χ1n) is 7.86. The van der Waals surface area contributed by atoms with Gasteiger partial charge in [0.05, 0.1) is 5.92 Å². The van der Waals surface area contributed by atoms with E-state index in [1.807, 2.05) is 17.0 Å². The first-order chi connectivity index (χ1) is 10.3. The summed E-state index contributed by atoms with van der Waals surface area (Å²) >= 11 is 0. The van der Waals surface area contributed by atoms with Crippen molar-refractivity contribution in [3.8, 4) is 0 Å². The first-order valence-corrected chi connectivity index (χ1v) is 7.86. The highest BCUT2D eigenvalue weighted by atomic mass is 16.5. The number of hydrogen-bond acceptors (Lipinski definition) is 3. The van der Waals surface area contributed by atoms with E-state index >= 15 is 0 Å². The smallest absolute Gasteiger partial charge is 0.231 e. The zero-order valence-electron chi connectivity index (χ0n) is 12.7. The Bertz CT molecular complexity index is 495. The van der Waals surface area contributed by atoms with Crippen molar-refractivity contribution in [2.24, 2.45) is 5.92 Å². The summed E-state index contributed by atoms with van der Waals surface area (Å²) in [7, 11) is 1.75. The highest BCUT2D eigenvalue weighted by Crippen LogP contribution is 2.27. The molecular formula is C17H24N2O2. The minimum Gasteiger partial charge on any atom is -0.384 e. The standard InChI is InChI=1S/C17H24N2O2/c1-21-12-13-6-8-19(9-7-13)17(20)16-11-18-10-14-4-2-3-5-15(14)16/h2-5,13,16,18H,6-12H2,1H3. The molecule has 1 aromatic rings. The van der Waals surface area contributed by atoms with Crippen molar-refractivity contribution in [2.45, 2.75) is 25.3 Å². The van der Waals surface area contributed by atoms with Gasteiger partial charge in [0.25, 0.3) is 0 Å². The molecule has 0 spiro atoms. The van der Waals surface area contributed by atoms with Gasteiger partial charge in [0.2, 0.25) is 5.91 Å². The molecule has 0 aromatic heterocycles. The molecule has 1 saturated heterocycles. The number of ether oxygens (including phenoxy) is 1. The third-order valence-corrected chi connectivity index (χ3v) is 4.72. The van der Waals surface area contributed by atoms with Gasteiger partial charge in [0.1, 0.15) is 0 Å². The Hall–Kier alpha value is -1.39. The summed E-state index contributed by atoms with van der Waals surface area (Å²) in [5, 5.41) is 3.37. The fraction of sp³-hybridized carbons (Fsp3) is 0.588. The Morgan fingerprint density at radius 2 is 2.10 bits per heavy atom. The number of benzene rings is 1. The molecule has 3 rings (SSSR count). The molecule has 0 aliphatic carbocycles. The minimum atomic E-state index is -0.0195. The van der Waals surface area contributed by atoms with Gasteiger partial charge in [-0.1, -0.05) is 24.3 Å². The molecular weight excluding hydrogens is 264 g/mol. The van der Waals surface area contributed by atoms with E-state index in [1.165, 1.54) is 11.1 Å². The summed E-state index contributed by atoms with van der Waals surface area (Å²) in [5.74, 6) is 0.871. The maximum Gasteiger partial charge on any atom is 0.231 e. The molecule has 114 valence electrons. The normalized spacial score (nSPS) is 22.9. The third-order valence-electron chi connectivity index (χ3n) is 4.72. The molecule has 4 nitrogen and oxygen atoms in total. The lowest BCUT2D eigenvalue weighted by Gasteiger charge is -2.35. The molecule has 0 bridgehead atoms. The van der Waals surface area contributed by atoms with E-state index in [4.69, 9.17) is 4.74 Å². The molecule has 0 saturated carbocycles. The maximum atomic E-state index is 12.8. The van der Waals surface area contributed by atoms with E-state index in [0.717, 1.165) is 45.6 Å². The second-order valence-corrected chi connectivity index (χ2v) is 6.11. The average Bonchev–Trinajstić information content (AvgIpc) is 2.55. The van der Waals surface area contributed by atoms with Crippen LogP contribution in [0.1, 0.15) is 29.9 Å².